The normalized spacial score (nSPS) is 12.2. The Hall–Kier alpha value is -3.02. The molecule has 5 N–H and O–H groups in total. The Morgan fingerprint density at radius 3 is 2.86 bits per heavy atom. The summed E-state index contributed by atoms with van der Waals surface area (Å²) in [6.07, 6.45) is 3.69. The van der Waals surface area contributed by atoms with E-state index in [4.69, 9.17) is 5.73 Å². The summed E-state index contributed by atoms with van der Waals surface area (Å²) >= 11 is 0. The first-order chi connectivity index (χ1) is 10.6. The van der Waals surface area contributed by atoms with Crippen molar-refractivity contribution in [1.82, 2.24) is 9.97 Å². The minimum Gasteiger partial charge on any atom is -0.480 e. The SMILES string of the molecule is Nc1ccc(NC(Cc2c[nH]c3ccccc23)C(=O)O)nc1. The van der Waals surface area contributed by atoms with Gasteiger partial charge in [0.05, 0.1) is 11.9 Å². The van der Waals surface area contributed by atoms with Crippen molar-refractivity contribution in [1.29, 1.82) is 0 Å². The molecule has 0 fully saturated rings. The van der Waals surface area contributed by atoms with E-state index in [9.17, 15) is 9.90 Å². The van der Waals surface area contributed by atoms with E-state index >= 15 is 0 Å². The first-order valence-corrected chi connectivity index (χ1v) is 6.89. The molecule has 112 valence electrons. The number of nitrogens with one attached hydrogen (secondary N) is 2. The Bertz CT molecular complexity index is 795. The highest BCUT2D eigenvalue weighted by Crippen LogP contribution is 2.20. The monoisotopic (exact) mass is 296 g/mol. The maximum atomic E-state index is 11.5. The van der Waals surface area contributed by atoms with E-state index in [2.05, 4.69) is 15.3 Å². The number of para-hydroxylation sites is 1. The minimum atomic E-state index is -0.927. The number of carboxylic acid groups (broad SMARTS) is 1. The van der Waals surface area contributed by atoms with E-state index in [0.717, 1.165) is 16.5 Å². The summed E-state index contributed by atoms with van der Waals surface area (Å²) in [6, 6.07) is 10.4. The van der Waals surface area contributed by atoms with Crippen LogP contribution in [0.2, 0.25) is 0 Å². The van der Waals surface area contributed by atoms with Crippen LogP contribution in [0.15, 0.2) is 48.8 Å². The van der Waals surface area contributed by atoms with Crippen LogP contribution in [-0.2, 0) is 11.2 Å². The summed E-state index contributed by atoms with van der Waals surface area (Å²) < 4.78 is 0. The molecule has 0 aliphatic heterocycles. The highest BCUT2D eigenvalue weighted by atomic mass is 16.4. The van der Waals surface area contributed by atoms with Crippen LogP contribution < -0.4 is 11.1 Å². The maximum absolute atomic E-state index is 11.5. The zero-order valence-corrected chi connectivity index (χ0v) is 11.8. The molecule has 1 unspecified atom stereocenters. The van der Waals surface area contributed by atoms with Gasteiger partial charge in [-0.3, -0.25) is 0 Å². The number of aliphatic carboxylic acids is 1. The van der Waals surface area contributed by atoms with Crippen molar-refractivity contribution in [2.24, 2.45) is 0 Å². The van der Waals surface area contributed by atoms with Gasteiger partial charge in [-0.2, -0.15) is 0 Å². The summed E-state index contributed by atoms with van der Waals surface area (Å²) in [6.45, 7) is 0. The number of benzene rings is 1. The van der Waals surface area contributed by atoms with Gasteiger partial charge in [0.15, 0.2) is 0 Å². The Balaban J connectivity index is 1.82. The van der Waals surface area contributed by atoms with Crippen molar-refractivity contribution in [3.05, 3.63) is 54.4 Å². The van der Waals surface area contributed by atoms with Crippen molar-refractivity contribution in [2.45, 2.75) is 12.5 Å². The number of H-pyrrole nitrogens is 1. The van der Waals surface area contributed by atoms with E-state index in [0.29, 0.717) is 17.9 Å². The van der Waals surface area contributed by atoms with Crippen LogP contribution in [0.25, 0.3) is 10.9 Å². The molecule has 2 heterocycles. The fourth-order valence-corrected chi connectivity index (χ4v) is 2.39. The average molecular weight is 296 g/mol. The van der Waals surface area contributed by atoms with E-state index < -0.39 is 12.0 Å². The molecule has 0 saturated heterocycles. The van der Waals surface area contributed by atoms with Crippen molar-refractivity contribution in [3.63, 3.8) is 0 Å². The molecule has 3 aromatic rings. The molecule has 0 amide bonds. The van der Waals surface area contributed by atoms with Gasteiger partial charge < -0.3 is 21.1 Å². The van der Waals surface area contributed by atoms with E-state index in [1.165, 1.54) is 6.20 Å². The van der Waals surface area contributed by atoms with Crippen LogP contribution >= 0.6 is 0 Å². The van der Waals surface area contributed by atoms with Crippen LogP contribution in [0.4, 0.5) is 11.5 Å². The van der Waals surface area contributed by atoms with Crippen molar-refractivity contribution >= 4 is 28.4 Å². The number of aromatic amines is 1. The lowest BCUT2D eigenvalue weighted by Crippen LogP contribution is -2.31. The fraction of sp³-hybridized carbons (Fsp3) is 0.125. The number of hydrogen-bond donors (Lipinski definition) is 4. The van der Waals surface area contributed by atoms with Gasteiger partial charge in [-0.25, -0.2) is 9.78 Å². The zero-order valence-electron chi connectivity index (χ0n) is 11.8. The molecule has 6 heteroatoms. The van der Waals surface area contributed by atoms with Crippen LogP contribution in [0.1, 0.15) is 5.56 Å². The average Bonchev–Trinajstić information content (AvgIpc) is 2.92. The summed E-state index contributed by atoms with van der Waals surface area (Å²) in [5.41, 5.74) is 8.06. The number of nitrogen functional groups attached to an aromatic ring is 1. The van der Waals surface area contributed by atoms with Gasteiger partial charge in [0.2, 0.25) is 0 Å². The Morgan fingerprint density at radius 1 is 1.32 bits per heavy atom. The predicted molar refractivity (Wildman–Crippen MR) is 85.7 cm³/mol. The third kappa shape index (κ3) is 2.85. The molecule has 0 aliphatic carbocycles. The maximum Gasteiger partial charge on any atom is 0.326 e. The van der Waals surface area contributed by atoms with Crippen LogP contribution in [-0.4, -0.2) is 27.1 Å². The number of carboxylic acids is 1. The van der Waals surface area contributed by atoms with Gasteiger partial charge in [-0.05, 0) is 23.8 Å². The topological polar surface area (TPSA) is 104 Å². The molecule has 0 aliphatic rings. The summed E-state index contributed by atoms with van der Waals surface area (Å²) in [5, 5.41) is 13.4. The second kappa shape index (κ2) is 5.77. The summed E-state index contributed by atoms with van der Waals surface area (Å²) in [7, 11) is 0. The standard InChI is InChI=1S/C16H16N4O2/c17-11-5-6-15(19-9-11)20-14(16(21)22)7-10-8-18-13-4-2-1-3-12(10)13/h1-6,8-9,14,18H,7,17H2,(H,19,20)(H,21,22). The third-order valence-electron chi connectivity index (χ3n) is 3.51. The molecule has 0 saturated carbocycles. The molecule has 3 rings (SSSR count). The Labute approximate surface area is 127 Å². The molecule has 22 heavy (non-hydrogen) atoms. The van der Waals surface area contributed by atoms with Crippen molar-refractivity contribution < 1.29 is 9.90 Å². The lowest BCUT2D eigenvalue weighted by molar-refractivity contribution is -0.137. The van der Waals surface area contributed by atoms with E-state index in [1.54, 1.807) is 12.1 Å². The molecular weight excluding hydrogens is 280 g/mol. The Morgan fingerprint density at radius 2 is 2.14 bits per heavy atom. The lowest BCUT2D eigenvalue weighted by Gasteiger charge is -2.14. The quantitative estimate of drug-likeness (QED) is 0.578. The molecule has 0 bridgehead atoms. The molecule has 1 aromatic carbocycles. The number of carbonyl (C=O) groups is 1. The van der Waals surface area contributed by atoms with Crippen LogP contribution in [0.5, 0.6) is 0 Å². The Kier molecular flexibility index (Phi) is 3.65. The largest absolute Gasteiger partial charge is 0.480 e. The van der Waals surface area contributed by atoms with Gasteiger partial charge >= 0.3 is 5.97 Å². The van der Waals surface area contributed by atoms with E-state index in [-0.39, 0.29) is 0 Å². The third-order valence-corrected chi connectivity index (χ3v) is 3.51. The number of aromatic nitrogens is 2. The number of pyridine rings is 1. The van der Waals surface area contributed by atoms with Crippen LogP contribution in [0, 0.1) is 0 Å². The number of nitrogens with two attached hydrogens (primary N) is 1. The second-order valence-corrected chi connectivity index (χ2v) is 5.08. The first kappa shape index (κ1) is 13.9. The summed E-state index contributed by atoms with van der Waals surface area (Å²) in [5.74, 6) is -0.439. The first-order valence-electron chi connectivity index (χ1n) is 6.89. The second-order valence-electron chi connectivity index (χ2n) is 5.08. The van der Waals surface area contributed by atoms with Crippen LogP contribution in [0.3, 0.4) is 0 Å². The molecule has 2 aromatic heterocycles. The van der Waals surface area contributed by atoms with Gasteiger partial charge in [0, 0.05) is 23.5 Å². The molecule has 6 nitrogen and oxygen atoms in total. The molecule has 1 atom stereocenters. The highest BCUT2D eigenvalue weighted by Gasteiger charge is 2.20. The minimum absolute atomic E-state index is 0.353. The number of anilines is 2. The van der Waals surface area contributed by atoms with Gasteiger partial charge in [-0.15, -0.1) is 0 Å². The number of nitrogens with zero attached hydrogens (tertiary/aromatic N) is 1. The highest BCUT2D eigenvalue weighted by molar-refractivity contribution is 5.85. The summed E-state index contributed by atoms with van der Waals surface area (Å²) in [4.78, 5) is 18.7. The number of rotatable bonds is 5. The van der Waals surface area contributed by atoms with Crippen molar-refractivity contribution in [3.8, 4) is 0 Å². The molecular formula is C16H16N4O2. The van der Waals surface area contributed by atoms with E-state index in [1.807, 2.05) is 30.5 Å². The predicted octanol–water partition coefficient (Wildman–Crippen LogP) is 2.25. The molecule has 0 radical (unpaired) electrons. The van der Waals surface area contributed by atoms with Gasteiger partial charge in [-0.1, -0.05) is 18.2 Å². The number of fused-ring (bicyclic) bond motifs is 1. The van der Waals surface area contributed by atoms with Gasteiger partial charge in [0.25, 0.3) is 0 Å². The number of hydrogen-bond acceptors (Lipinski definition) is 4. The van der Waals surface area contributed by atoms with Crippen molar-refractivity contribution in [2.75, 3.05) is 11.1 Å². The molecule has 0 spiro atoms. The smallest absolute Gasteiger partial charge is 0.326 e. The zero-order chi connectivity index (χ0) is 15.5. The van der Waals surface area contributed by atoms with Gasteiger partial charge in [0.1, 0.15) is 11.9 Å². The fourth-order valence-electron chi connectivity index (χ4n) is 2.39. The lowest BCUT2D eigenvalue weighted by atomic mass is 10.1.